The Labute approximate surface area is 131 Å². The van der Waals surface area contributed by atoms with Crippen LogP contribution in [0.4, 0.5) is 0 Å². The summed E-state index contributed by atoms with van der Waals surface area (Å²) < 4.78 is 0. The molecule has 0 fully saturated rings. The SMILES string of the molecule is CCc1cnc(CCNC(=O)c2c[nH]c(C)c(Cl)c2=O)s1. The summed E-state index contributed by atoms with van der Waals surface area (Å²) >= 11 is 7.48. The van der Waals surface area contributed by atoms with Crippen molar-refractivity contribution >= 4 is 28.8 Å². The van der Waals surface area contributed by atoms with E-state index in [0.717, 1.165) is 11.4 Å². The van der Waals surface area contributed by atoms with Gasteiger partial charge in [0.05, 0.1) is 5.01 Å². The summed E-state index contributed by atoms with van der Waals surface area (Å²) in [5.41, 5.74) is 0.125. The molecule has 0 bridgehead atoms. The molecule has 5 nitrogen and oxygen atoms in total. The van der Waals surface area contributed by atoms with E-state index < -0.39 is 11.3 Å². The van der Waals surface area contributed by atoms with Gasteiger partial charge in [0.15, 0.2) is 0 Å². The van der Waals surface area contributed by atoms with Crippen LogP contribution in [-0.2, 0) is 12.8 Å². The Bertz CT molecular complexity index is 708. The lowest BCUT2D eigenvalue weighted by Gasteiger charge is -2.05. The van der Waals surface area contributed by atoms with Gasteiger partial charge in [0.25, 0.3) is 5.91 Å². The number of pyridine rings is 1. The lowest BCUT2D eigenvalue weighted by atomic mass is 10.2. The van der Waals surface area contributed by atoms with Crippen molar-refractivity contribution in [1.82, 2.24) is 15.3 Å². The molecule has 0 aliphatic carbocycles. The molecule has 112 valence electrons. The number of rotatable bonds is 5. The average molecular weight is 326 g/mol. The van der Waals surface area contributed by atoms with E-state index in [1.807, 2.05) is 6.20 Å². The molecular weight excluding hydrogens is 310 g/mol. The Morgan fingerprint density at radius 1 is 1.52 bits per heavy atom. The Balaban J connectivity index is 1.96. The van der Waals surface area contributed by atoms with Crippen molar-refractivity contribution in [3.05, 3.63) is 48.8 Å². The van der Waals surface area contributed by atoms with Crippen molar-refractivity contribution in [2.75, 3.05) is 6.54 Å². The highest BCUT2D eigenvalue weighted by atomic mass is 35.5. The zero-order valence-electron chi connectivity index (χ0n) is 11.8. The fraction of sp³-hybridized carbons (Fsp3) is 0.357. The molecule has 0 aromatic carbocycles. The Morgan fingerprint density at radius 2 is 2.29 bits per heavy atom. The summed E-state index contributed by atoms with van der Waals surface area (Å²) in [7, 11) is 0. The highest BCUT2D eigenvalue weighted by Gasteiger charge is 2.14. The molecule has 7 heteroatoms. The number of carbonyl (C=O) groups is 1. The molecule has 2 rings (SSSR count). The van der Waals surface area contributed by atoms with Crippen LogP contribution in [0.15, 0.2) is 17.2 Å². The maximum atomic E-state index is 12.0. The fourth-order valence-electron chi connectivity index (χ4n) is 1.77. The maximum Gasteiger partial charge on any atom is 0.256 e. The monoisotopic (exact) mass is 325 g/mol. The molecule has 0 atom stereocenters. The van der Waals surface area contributed by atoms with Gasteiger partial charge in [-0.3, -0.25) is 9.59 Å². The highest BCUT2D eigenvalue weighted by molar-refractivity contribution is 7.11. The van der Waals surface area contributed by atoms with Crippen LogP contribution in [0, 0.1) is 6.92 Å². The van der Waals surface area contributed by atoms with E-state index in [4.69, 9.17) is 11.6 Å². The highest BCUT2D eigenvalue weighted by Crippen LogP contribution is 2.13. The van der Waals surface area contributed by atoms with Gasteiger partial charge in [-0.1, -0.05) is 18.5 Å². The molecular formula is C14H16ClN3O2S. The van der Waals surface area contributed by atoms with E-state index in [1.165, 1.54) is 11.1 Å². The first kappa shape index (κ1) is 15.7. The second-order valence-corrected chi connectivity index (χ2v) is 6.13. The van der Waals surface area contributed by atoms with Crippen LogP contribution in [0.5, 0.6) is 0 Å². The van der Waals surface area contributed by atoms with Gasteiger partial charge in [-0.25, -0.2) is 4.98 Å². The molecule has 0 spiro atoms. The maximum absolute atomic E-state index is 12.0. The van der Waals surface area contributed by atoms with Crippen LogP contribution in [0.3, 0.4) is 0 Å². The zero-order chi connectivity index (χ0) is 15.4. The predicted octanol–water partition coefficient (Wildman–Crippen LogP) is 2.33. The first-order chi connectivity index (χ1) is 10.0. The summed E-state index contributed by atoms with van der Waals surface area (Å²) in [6.45, 7) is 4.19. The summed E-state index contributed by atoms with van der Waals surface area (Å²) in [6, 6.07) is 0. The Morgan fingerprint density at radius 3 is 2.95 bits per heavy atom. The number of nitrogens with one attached hydrogen (secondary N) is 2. The van der Waals surface area contributed by atoms with Crippen molar-refractivity contribution in [2.24, 2.45) is 0 Å². The molecule has 1 amide bonds. The number of carbonyl (C=O) groups excluding carboxylic acids is 1. The van der Waals surface area contributed by atoms with Gasteiger partial charge < -0.3 is 10.3 Å². The number of amides is 1. The van der Waals surface area contributed by atoms with Crippen molar-refractivity contribution in [3.8, 4) is 0 Å². The number of hydrogen-bond acceptors (Lipinski definition) is 4. The van der Waals surface area contributed by atoms with Crippen molar-refractivity contribution < 1.29 is 4.79 Å². The zero-order valence-corrected chi connectivity index (χ0v) is 13.4. The molecule has 0 saturated heterocycles. The third-order valence-electron chi connectivity index (χ3n) is 3.03. The number of aryl methyl sites for hydroxylation is 2. The standard InChI is InChI=1S/C14H16ClN3O2S/c1-3-9-6-18-11(21-9)4-5-16-14(20)10-7-17-8(2)12(15)13(10)19/h6-7H,3-5H2,1-2H3,(H,16,20)(H,17,19). The lowest BCUT2D eigenvalue weighted by Crippen LogP contribution is -2.30. The number of H-pyrrole nitrogens is 1. The van der Waals surface area contributed by atoms with E-state index in [0.29, 0.717) is 18.7 Å². The van der Waals surface area contributed by atoms with Gasteiger partial charge in [-0.05, 0) is 13.3 Å². The van der Waals surface area contributed by atoms with E-state index in [9.17, 15) is 9.59 Å². The van der Waals surface area contributed by atoms with E-state index >= 15 is 0 Å². The average Bonchev–Trinajstić information content (AvgIpc) is 2.93. The van der Waals surface area contributed by atoms with Crippen LogP contribution in [-0.4, -0.2) is 22.4 Å². The van der Waals surface area contributed by atoms with Crippen LogP contribution in [0.25, 0.3) is 0 Å². The molecule has 21 heavy (non-hydrogen) atoms. The van der Waals surface area contributed by atoms with Crippen molar-refractivity contribution in [2.45, 2.75) is 26.7 Å². The minimum Gasteiger partial charge on any atom is -0.363 e. The lowest BCUT2D eigenvalue weighted by molar-refractivity contribution is 0.0952. The van der Waals surface area contributed by atoms with Crippen molar-refractivity contribution in [1.29, 1.82) is 0 Å². The number of halogens is 1. The minimum atomic E-state index is -0.451. The molecule has 2 N–H and O–H groups in total. The molecule has 0 saturated carbocycles. The normalized spacial score (nSPS) is 10.6. The number of hydrogen-bond donors (Lipinski definition) is 2. The van der Waals surface area contributed by atoms with Gasteiger partial charge >= 0.3 is 0 Å². The molecule has 2 aromatic heterocycles. The van der Waals surface area contributed by atoms with Crippen LogP contribution >= 0.6 is 22.9 Å². The van der Waals surface area contributed by atoms with E-state index in [1.54, 1.807) is 18.3 Å². The minimum absolute atomic E-state index is 0.0268. The van der Waals surface area contributed by atoms with E-state index in [2.05, 4.69) is 22.2 Å². The van der Waals surface area contributed by atoms with Gasteiger partial charge in [0.1, 0.15) is 10.6 Å². The number of nitrogens with zero attached hydrogens (tertiary/aromatic N) is 1. The summed E-state index contributed by atoms with van der Waals surface area (Å²) in [4.78, 5) is 32.2. The van der Waals surface area contributed by atoms with Crippen LogP contribution in [0.1, 0.15) is 32.9 Å². The molecule has 0 aliphatic rings. The molecule has 2 aromatic rings. The second-order valence-electron chi connectivity index (χ2n) is 4.55. The molecule has 0 aliphatic heterocycles. The topological polar surface area (TPSA) is 74.8 Å². The third-order valence-corrected chi connectivity index (χ3v) is 4.68. The third kappa shape index (κ3) is 3.71. The first-order valence-corrected chi connectivity index (χ1v) is 7.82. The summed E-state index contributed by atoms with van der Waals surface area (Å²) in [5.74, 6) is -0.426. The first-order valence-electron chi connectivity index (χ1n) is 6.62. The van der Waals surface area contributed by atoms with E-state index in [-0.39, 0.29) is 10.6 Å². The van der Waals surface area contributed by atoms with Crippen LogP contribution < -0.4 is 10.7 Å². The van der Waals surface area contributed by atoms with Crippen LogP contribution in [0.2, 0.25) is 5.02 Å². The summed E-state index contributed by atoms with van der Waals surface area (Å²) in [6.07, 6.45) is 4.85. The molecule has 0 radical (unpaired) electrons. The molecule has 0 unspecified atom stereocenters. The Kier molecular flexibility index (Phi) is 5.14. The second kappa shape index (κ2) is 6.87. The van der Waals surface area contributed by atoms with Gasteiger partial charge in [-0.15, -0.1) is 11.3 Å². The Hall–Kier alpha value is -1.66. The number of thiazole rings is 1. The van der Waals surface area contributed by atoms with Gasteiger partial charge in [0.2, 0.25) is 5.43 Å². The summed E-state index contributed by atoms with van der Waals surface area (Å²) in [5, 5.41) is 3.74. The van der Waals surface area contributed by atoms with Gasteiger partial charge in [-0.2, -0.15) is 0 Å². The fourth-order valence-corrected chi connectivity index (χ4v) is 2.79. The largest absolute Gasteiger partial charge is 0.363 e. The quantitative estimate of drug-likeness (QED) is 0.886. The number of aromatic amines is 1. The smallest absolute Gasteiger partial charge is 0.256 e. The van der Waals surface area contributed by atoms with Gasteiger partial charge in [0, 0.05) is 35.9 Å². The predicted molar refractivity (Wildman–Crippen MR) is 84.3 cm³/mol. The number of aromatic nitrogens is 2. The molecule has 2 heterocycles. The van der Waals surface area contributed by atoms with Crippen molar-refractivity contribution in [3.63, 3.8) is 0 Å².